The van der Waals surface area contributed by atoms with Crippen LogP contribution in [-0.2, 0) is 19.1 Å². The van der Waals surface area contributed by atoms with E-state index in [1.165, 1.54) is 4.90 Å². The van der Waals surface area contributed by atoms with Gasteiger partial charge in [-0.25, -0.2) is 19.6 Å². The molecule has 1 aliphatic carbocycles. The van der Waals surface area contributed by atoms with Crippen molar-refractivity contribution in [1.29, 1.82) is 0 Å². The number of nitrogens with one attached hydrogen (secondary N) is 1. The Morgan fingerprint density at radius 2 is 1.85 bits per heavy atom. The van der Waals surface area contributed by atoms with Crippen LogP contribution < -0.4 is 14.8 Å². The van der Waals surface area contributed by atoms with Crippen molar-refractivity contribution in [3.8, 4) is 11.6 Å². The van der Waals surface area contributed by atoms with E-state index in [2.05, 4.69) is 23.5 Å². The Kier molecular flexibility index (Phi) is 12.8. The molecule has 6 unspecified atom stereocenters. The molecule has 1 saturated carbocycles. The molecule has 0 spiro atoms. The zero-order valence-corrected chi connectivity index (χ0v) is 29.3. The van der Waals surface area contributed by atoms with E-state index >= 15 is 0 Å². The molecule has 1 aromatic heterocycles. The first-order chi connectivity index (χ1) is 23.0. The molecular weight excluding hydrogens is 612 g/mol. The first kappa shape index (κ1) is 36.7. The van der Waals surface area contributed by atoms with Crippen molar-refractivity contribution in [1.82, 2.24) is 20.2 Å². The number of rotatable bonds is 17. The van der Waals surface area contributed by atoms with Crippen LogP contribution in [-0.4, -0.2) is 77.4 Å². The van der Waals surface area contributed by atoms with E-state index in [9.17, 15) is 14.4 Å². The lowest BCUT2D eigenvalue weighted by atomic mass is 9.92. The van der Waals surface area contributed by atoms with Crippen molar-refractivity contribution in [2.24, 2.45) is 23.7 Å². The van der Waals surface area contributed by atoms with Crippen molar-refractivity contribution in [2.45, 2.75) is 97.4 Å². The van der Waals surface area contributed by atoms with Gasteiger partial charge in [-0.15, -0.1) is 6.58 Å². The van der Waals surface area contributed by atoms with Gasteiger partial charge in [0.25, 0.3) is 0 Å². The predicted octanol–water partition coefficient (Wildman–Crippen LogP) is 6.35. The van der Waals surface area contributed by atoms with E-state index in [1.54, 1.807) is 25.3 Å². The van der Waals surface area contributed by atoms with Crippen LogP contribution in [0, 0.1) is 23.7 Å². The number of carbonyl (C=O) groups is 3. The van der Waals surface area contributed by atoms with Crippen molar-refractivity contribution < 1.29 is 33.3 Å². The van der Waals surface area contributed by atoms with Crippen molar-refractivity contribution in [3.05, 3.63) is 43.1 Å². The highest BCUT2D eigenvalue weighted by Crippen LogP contribution is 2.38. The van der Waals surface area contributed by atoms with Gasteiger partial charge in [-0.3, -0.25) is 4.79 Å². The largest absolute Gasteiger partial charge is 0.497 e. The second kappa shape index (κ2) is 16.8. The van der Waals surface area contributed by atoms with Gasteiger partial charge >= 0.3 is 12.1 Å². The maximum atomic E-state index is 14.4. The lowest BCUT2D eigenvalue weighted by Crippen LogP contribution is -2.55. The summed E-state index contributed by atoms with van der Waals surface area (Å²) in [6.45, 7) is 17.6. The SMILES string of the molecule is C=CCCCC1CC1OC(=O)NC(C(=O)N1CC(Oc2nc3cc(OC)ccc3nc2C=C)C(CCC)C1C(=O)OCC(C)C)C(C)C. The minimum absolute atomic E-state index is 0.0906. The van der Waals surface area contributed by atoms with Crippen molar-refractivity contribution in [3.63, 3.8) is 0 Å². The third kappa shape index (κ3) is 9.05. The van der Waals surface area contributed by atoms with Crippen molar-refractivity contribution >= 4 is 35.1 Å². The Labute approximate surface area is 284 Å². The summed E-state index contributed by atoms with van der Waals surface area (Å²) in [5.41, 5.74) is 1.66. The molecule has 11 nitrogen and oxygen atoms in total. The van der Waals surface area contributed by atoms with Gasteiger partial charge in [0, 0.05) is 12.0 Å². The van der Waals surface area contributed by atoms with Crippen LogP contribution in [0.25, 0.3) is 17.1 Å². The monoisotopic (exact) mass is 664 g/mol. The van der Waals surface area contributed by atoms with Gasteiger partial charge in [0.1, 0.15) is 35.7 Å². The van der Waals surface area contributed by atoms with Crippen LogP contribution in [0.15, 0.2) is 37.4 Å². The first-order valence-corrected chi connectivity index (χ1v) is 17.2. The number of hydrogen-bond acceptors (Lipinski definition) is 9. The predicted molar refractivity (Wildman–Crippen MR) is 184 cm³/mol. The van der Waals surface area contributed by atoms with Gasteiger partial charge in [-0.2, -0.15) is 0 Å². The number of hydrogen-bond donors (Lipinski definition) is 1. The molecule has 2 aliphatic rings. The Bertz CT molecular complexity index is 1460. The summed E-state index contributed by atoms with van der Waals surface area (Å²) < 4.78 is 23.4. The fourth-order valence-corrected chi connectivity index (χ4v) is 6.25. The maximum Gasteiger partial charge on any atom is 0.408 e. The standard InChI is InChI=1S/C37H52N4O7/c1-9-12-13-15-24-18-30(24)48-37(44)40-32(23(6)7)35(42)41-20-31(26(14-10-2)33(41)36(43)46-21-22(4)5)47-34-27(11-3)38-28-17-16-25(45-8)19-29(28)39-34/h9,11,16-17,19,22-24,26,30-33H,1,3,10,12-15,18,20-21H2,2,4-8H3,(H,40,44). The molecule has 1 aromatic carbocycles. The molecule has 262 valence electrons. The zero-order valence-electron chi connectivity index (χ0n) is 29.3. The molecule has 1 N–H and O–H groups in total. The third-order valence-electron chi connectivity index (χ3n) is 8.93. The Balaban J connectivity index is 1.60. The summed E-state index contributed by atoms with van der Waals surface area (Å²) >= 11 is 0. The minimum atomic E-state index is -0.923. The number of allylic oxidation sites excluding steroid dienone is 1. The second-order valence-electron chi connectivity index (χ2n) is 13.6. The summed E-state index contributed by atoms with van der Waals surface area (Å²) in [6.07, 6.45) is 7.10. The van der Waals surface area contributed by atoms with Gasteiger partial charge in [0.15, 0.2) is 0 Å². The molecule has 0 bridgehead atoms. The van der Waals surface area contributed by atoms with Crippen LogP contribution >= 0.6 is 0 Å². The average molecular weight is 665 g/mol. The van der Waals surface area contributed by atoms with E-state index in [4.69, 9.17) is 23.9 Å². The molecule has 2 amide bonds. The fraction of sp³-hybridized carbons (Fsp3) is 0.595. The number of carbonyl (C=O) groups excluding carboxylic acids is 3. The maximum absolute atomic E-state index is 14.4. The number of aromatic nitrogens is 2. The molecule has 1 saturated heterocycles. The lowest BCUT2D eigenvalue weighted by molar-refractivity contribution is -0.156. The number of benzene rings is 1. The summed E-state index contributed by atoms with van der Waals surface area (Å²) in [4.78, 5) is 52.1. The van der Waals surface area contributed by atoms with Gasteiger partial charge in [-0.05, 0) is 68.1 Å². The quantitative estimate of drug-likeness (QED) is 0.117. The summed E-state index contributed by atoms with van der Waals surface area (Å²) in [7, 11) is 1.58. The summed E-state index contributed by atoms with van der Waals surface area (Å²) in [6, 6.07) is 3.54. The molecule has 0 radical (unpaired) electrons. The van der Waals surface area contributed by atoms with Crippen molar-refractivity contribution in [2.75, 3.05) is 20.3 Å². The molecule has 11 heteroatoms. The Hall–Kier alpha value is -4.15. The van der Waals surface area contributed by atoms with E-state index in [-0.39, 0.29) is 37.0 Å². The Morgan fingerprint density at radius 3 is 2.50 bits per heavy atom. The molecule has 4 rings (SSSR count). The third-order valence-corrected chi connectivity index (χ3v) is 8.93. The number of ether oxygens (including phenoxy) is 4. The molecule has 1 aliphatic heterocycles. The van der Waals surface area contributed by atoms with Gasteiger partial charge in [0.05, 0.1) is 31.3 Å². The number of methoxy groups -OCH3 is 1. The van der Waals surface area contributed by atoms with Crippen LogP contribution in [0.4, 0.5) is 4.79 Å². The van der Waals surface area contributed by atoms with Crippen LogP contribution in [0.1, 0.15) is 78.8 Å². The Morgan fingerprint density at radius 1 is 1.08 bits per heavy atom. The highest BCUT2D eigenvalue weighted by molar-refractivity contribution is 5.91. The van der Waals surface area contributed by atoms with Gasteiger partial charge in [-0.1, -0.05) is 53.7 Å². The molecule has 2 heterocycles. The van der Waals surface area contributed by atoms with Gasteiger partial charge < -0.3 is 29.2 Å². The minimum Gasteiger partial charge on any atom is -0.497 e. The van der Waals surface area contributed by atoms with E-state index < -0.39 is 42.1 Å². The normalized spacial score (nSPS) is 22.3. The summed E-state index contributed by atoms with van der Waals surface area (Å²) in [5, 5.41) is 2.81. The van der Waals surface area contributed by atoms with Gasteiger partial charge in [0.2, 0.25) is 11.8 Å². The van der Waals surface area contributed by atoms with E-state index in [0.29, 0.717) is 34.8 Å². The number of amides is 2. The molecule has 6 atom stereocenters. The number of likely N-dealkylation sites (tertiary alicyclic amines) is 1. The zero-order chi connectivity index (χ0) is 35.0. The number of nitrogens with zero attached hydrogens (tertiary/aromatic N) is 3. The number of fused-ring (bicyclic) bond motifs is 1. The van der Waals surface area contributed by atoms with Crippen LogP contribution in [0.5, 0.6) is 11.6 Å². The number of esters is 1. The fourth-order valence-electron chi connectivity index (χ4n) is 6.25. The van der Waals surface area contributed by atoms with E-state index in [1.807, 2.05) is 46.8 Å². The lowest BCUT2D eigenvalue weighted by Gasteiger charge is -2.31. The topological polar surface area (TPSA) is 129 Å². The average Bonchev–Trinajstić information content (AvgIpc) is 3.70. The highest BCUT2D eigenvalue weighted by Gasteiger charge is 2.51. The second-order valence-corrected chi connectivity index (χ2v) is 13.6. The number of alkyl carbamates (subject to hydrolysis) is 1. The van der Waals surface area contributed by atoms with E-state index in [0.717, 1.165) is 32.1 Å². The first-order valence-electron chi connectivity index (χ1n) is 17.2. The van der Waals surface area contributed by atoms with Crippen LogP contribution in [0.3, 0.4) is 0 Å². The smallest absolute Gasteiger partial charge is 0.408 e. The number of unbranched alkanes of at least 4 members (excludes halogenated alkanes) is 1. The molecule has 2 fully saturated rings. The highest BCUT2D eigenvalue weighted by atomic mass is 16.6. The van der Waals surface area contributed by atoms with Crippen LogP contribution in [0.2, 0.25) is 0 Å². The summed E-state index contributed by atoms with van der Waals surface area (Å²) in [5.74, 6) is -0.259. The molecule has 2 aromatic rings. The molecule has 48 heavy (non-hydrogen) atoms. The molecular formula is C37H52N4O7.